The van der Waals surface area contributed by atoms with Gasteiger partial charge in [-0.2, -0.15) is 0 Å². The van der Waals surface area contributed by atoms with Crippen molar-refractivity contribution in [3.05, 3.63) is 104 Å². The smallest absolute Gasteiger partial charge is 0.407 e. The largest absolute Gasteiger partial charge is 0.444 e. The average Bonchev–Trinajstić information content (AvgIpc) is 3.82. The van der Waals surface area contributed by atoms with Gasteiger partial charge >= 0.3 is 12.1 Å². The lowest BCUT2D eigenvalue weighted by Gasteiger charge is -2.26. The minimum Gasteiger partial charge on any atom is -0.444 e. The summed E-state index contributed by atoms with van der Waals surface area (Å²) >= 11 is 3.03. The van der Waals surface area contributed by atoms with Crippen molar-refractivity contribution < 1.29 is 19.1 Å². The van der Waals surface area contributed by atoms with Crippen molar-refractivity contribution in [1.29, 1.82) is 0 Å². The zero-order valence-electron chi connectivity index (χ0n) is 29.5. The van der Waals surface area contributed by atoms with Gasteiger partial charge in [-0.1, -0.05) is 74.5 Å². The molecule has 50 heavy (non-hydrogen) atoms. The molecule has 0 radical (unpaired) electrons. The van der Waals surface area contributed by atoms with E-state index in [9.17, 15) is 14.4 Å². The highest BCUT2D eigenvalue weighted by Gasteiger charge is 2.26. The van der Waals surface area contributed by atoms with E-state index in [0.29, 0.717) is 57.5 Å². The monoisotopic (exact) mass is 718 g/mol. The molecular weight excluding hydrogens is 669 g/mol. The van der Waals surface area contributed by atoms with E-state index >= 15 is 0 Å². The third-order valence-corrected chi connectivity index (χ3v) is 10.4. The molecule has 4 aromatic rings. The molecule has 3 unspecified atom stereocenters. The standard InChI is InChI=1S/C38H50N6O4S2/c1-27(2)36-41-32(25-49-36)23-44(4)37(46)43-34(17-18-39-3)35(45)21-30(19-28-11-7-5-8-12-28)15-16-31(20-29-13-9-6-10-14-29)42-38(47)48-24-33-22-40-26-50-33/h5-14,22,25-27,30-31,34,39H,15-21,23-24H2,1-4H3,(H,42,47)(H,43,46). The first-order chi connectivity index (χ1) is 24.2. The molecule has 2 aromatic heterocycles. The van der Waals surface area contributed by atoms with Gasteiger partial charge in [0.15, 0.2) is 5.78 Å². The number of alkyl carbamates (subject to hydrolysis) is 1. The van der Waals surface area contributed by atoms with Gasteiger partial charge in [-0.15, -0.1) is 22.7 Å². The second-order valence-electron chi connectivity index (χ2n) is 13.0. The predicted octanol–water partition coefficient (Wildman–Crippen LogP) is 6.98. The van der Waals surface area contributed by atoms with E-state index in [2.05, 4.69) is 51.9 Å². The quantitative estimate of drug-likeness (QED) is 0.0901. The van der Waals surface area contributed by atoms with Crippen LogP contribution in [0.5, 0.6) is 0 Å². The molecule has 3 atom stereocenters. The van der Waals surface area contributed by atoms with Crippen LogP contribution in [0.4, 0.5) is 9.59 Å². The number of carbonyl (C=O) groups is 3. The molecule has 3 N–H and O–H groups in total. The van der Waals surface area contributed by atoms with Gasteiger partial charge in [-0.25, -0.2) is 14.6 Å². The fourth-order valence-corrected chi connectivity index (χ4v) is 7.04. The number of nitrogens with one attached hydrogen (secondary N) is 3. The molecule has 3 amide bonds. The van der Waals surface area contributed by atoms with Crippen molar-refractivity contribution in [2.75, 3.05) is 20.6 Å². The predicted molar refractivity (Wildman–Crippen MR) is 200 cm³/mol. The first-order valence-corrected chi connectivity index (χ1v) is 19.0. The lowest BCUT2D eigenvalue weighted by molar-refractivity contribution is -0.122. The van der Waals surface area contributed by atoms with Crippen LogP contribution in [0.15, 0.2) is 77.8 Å². The Morgan fingerprint density at radius 2 is 1.60 bits per heavy atom. The van der Waals surface area contributed by atoms with Crippen molar-refractivity contribution in [2.24, 2.45) is 5.92 Å². The molecule has 0 aliphatic rings. The molecule has 10 nitrogen and oxygen atoms in total. The summed E-state index contributed by atoms with van der Waals surface area (Å²) in [7, 11) is 3.56. The number of hydrogen-bond donors (Lipinski definition) is 3. The summed E-state index contributed by atoms with van der Waals surface area (Å²) in [5, 5.41) is 12.2. The number of amides is 3. The third kappa shape index (κ3) is 13.3. The zero-order valence-corrected chi connectivity index (χ0v) is 31.1. The Balaban J connectivity index is 1.43. The number of hydrogen-bond acceptors (Lipinski definition) is 9. The van der Waals surface area contributed by atoms with Gasteiger partial charge in [-0.3, -0.25) is 9.78 Å². The van der Waals surface area contributed by atoms with Crippen molar-refractivity contribution >= 4 is 40.6 Å². The van der Waals surface area contributed by atoms with Crippen LogP contribution in [0, 0.1) is 5.92 Å². The molecule has 2 aromatic carbocycles. The molecule has 2 heterocycles. The highest BCUT2D eigenvalue weighted by atomic mass is 32.1. The van der Waals surface area contributed by atoms with Gasteiger partial charge in [0.1, 0.15) is 6.61 Å². The second kappa shape index (κ2) is 20.5. The third-order valence-electron chi connectivity index (χ3n) is 8.43. The molecule has 0 fully saturated rings. The zero-order chi connectivity index (χ0) is 35.7. The Labute approximate surface area is 304 Å². The first-order valence-electron chi connectivity index (χ1n) is 17.2. The lowest BCUT2D eigenvalue weighted by atomic mass is 9.86. The Morgan fingerprint density at radius 3 is 2.22 bits per heavy atom. The molecular formula is C38H50N6O4S2. The maximum atomic E-state index is 14.0. The van der Waals surface area contributed by atoms with Gasteiger partial charge < -0.3 is 25.6 Å². The fraction of sp³-hybridized carbons (Fsp3) is 0.447. The van der Waals surface area contributed by atoms with Gasteiger partial charge in [0.2, 0.25) is 0 Å². The van der Waals surface area contributed by atoms with E-state index in [1.54, 1.807) is 35.0 Å². The van der Waals surface area contributed by atoms with E-state index in [1.165, 1.54) is 11.3 Å². The van der Waals surface area contributed by atoms with Gasteiger partial charge in [0.25, 0.3) is 0 Å². The van der Waals surface area contributed by atoms with E-state index in [-0.39, 0.29) is 30.4 Å². The minimum atomic E-state index is -0.641. The second-order valence-corrected chi connectivity index (χ2v) is 14.8. The molecule has 268 valence electrons. The molecule has 0 aliphatic heterocycles. The van der Waals surface area contributed by atoms with E-state index in [1.807, 2.05) is 61.0 Å². The van der Waals surface area contributed by atoms with Crippen molar-refractivity contribution in [3.8, 4) is 0 Å². The number of urea groups is 1. The molecule has 0 saturated carbocycles. The Bertz CT molecular complexity index is 1580. The normalized spacial score (nSPS) is 13.0. The fourth-order valence-electron chi connectivity index (χ4n) is 5.71. The van der Waals surface area contributed by atoms with Crippen LogP contribution in [-0.4, -0.2) is 65.5 Å². The van der Waals surface area contributed by atoms with Crippen LogP contribution in [0.25, 0.3) is 0 Å². The summed E-state index contributed by atoms with van der Waals surface area (Å²) in [4.78, 5) is 51.4. The van der Waals surface area contributed by atoms with Crippen LogP contribution in [0.1, 0.15) is 72.2 Å². The maximum absolute atomic E-state index is 14.0. The van der Waals surface area contributed by atoms with Crippen molar-refractivity contribution in [1.82, 2.24) is 30.8 Å². The number of aromatic nitrogens is 2. The van der Waals surface area contributed by atoms with Crippen LogP contribution >= 0.6 is 22.7 Å². The Kier molecular flexibility index (Phi) is 15.9. The SMILES string of the molecule is CNCCC(NC(=O)N(C)Cc1csc(C(C)C)n1)C(=O)CC(CCC(Cc1ccccc1)NC(=O)OCc1cncs1)Cc1ccccc1. The number of rotatable bonds is 20. The molecule has 0 saturated heterocycles. The van der Waals surface area contributed by atoms with Crippen molar-refractivity contribution in [3.63, 3.8) is 0 Å². The number of ketones is 1. The molecule has 4 rings (SSSR count). The summed E-state index contributed by atoms with van der Waals surface area (Å²) in [6.45, 7) is 5.31. The minimum absolute atomic E-state index is 0.00443. The molecule has 0 bridgehead atoms. The van der Waals surface area contributed by atoms with Gasteiger partial charge in [0, 0.05) is 37.0 Å². The molecule has 12 heteroatoms. The van der Waals surface area contributed by atoms with Gasteiger partial charge in [0.05, 0.1) is 33.7 Å². The van der Waals surface area contributed by atoms with E-state index in [0.717, 1.165) is 26.7 Å². The van der Waals surface area contributed by atoms with E-state index in [4.69, 9.17) is 4.74 Å². The Hall–Kier alpha value is -4.13. The highest BCUT2D eigenvalue weighted by Crippen LogP contribution is 2.23. The van der Waals surface area contributed by atoms with Crippen LogP contribution < -0.4 is 16.0 Å². The number of nitrogens with zero attached hydrogens (tertiary/aromatic N) is 3. The van der Waals surface area contributed by atoms with Crippen LogP contribution in [0.2, 0.25) is 0 Å². The summed E-state index contributed by atoms with van der Waals surface area (Å²) < 4.78 is 5.51. The number of carbonyl (C=O) groups excluding carboxylic acids is 3. The van der Waals surface area contributed by atoms with Crippen molar-refractivity contribution in [2.45, 2.75) is 83.5 Å². The van der Waals surface area contributed by atoms with E-state index < -0.39 is 12.1 Å². The summed E-state index contributed by atoms with van der Waals surface area (Å²) in [6, 6.07) is 19.0. The first kappa shape index (κ1) is 38.7. The maximum Gasteiger partial charge on any atom is 0.407 e. The molecule has 0 spiro atoms. The number of thiazole rings is 2. The van der Waals surface area contributed by atoms with Crippen LogP contribution in [-0.2, 0) is 35.5 Å². The number of ether oxygens (including phenoxy) is 1. The Morgan fingerprint density at radius 1 is 0.900 bits per heavy atom. The number of benzene rings is 2. The average molecular weight is 719 g/mol. The number of Topliss-reactive ketones (excluding diaryl/α,β-unsaturated/α-hetero) is 1. The molecule has 0 aliphatic carbocycles. The highest BCUT2D eigenvalue weighted by molar-refractivity contribution is 7.09. The summed E-state index contributed by atoms with van der Waals surface area (Å²) in [6.07, 6.45) is 4.67. The van der Waals surface area contributed by atoms with Gasteiger partial charge in [-0.05, 0) is 62.7 Å². The lowest BCUT2D eigenvalue weighted by Crippen LogP contribution is -2.47. The topological polar surface area (TPSA) is 126 Å². The summed E-state index contributed by atoms with van der Waals surface area (Å²) in [5.41, 5.74) is 4.79. The summed E-state index contributed by atoms with van der Waals surface area (Å²) in [5.74, 6) is 0.317. The van der Waals surface area contributed by atoms with Crippen LogP contribution in [0.3, 0.4) is 0 Å².